The van der Waals surface area contributed by atoms with E-state index < -0.39 is 11.5 Å². The van der Waals surface area contributed by atoms with Crippen LogP contribution in [0.15, 0.2) is 24.3 Å². The Morgan fingerprint density at radius 2 is 2.10 bits per heavy atom. The summed E-state index contributed by atoms with van der Waals surface area (Å²) in [5.74, 6) is -0.997. The first-order valence-corrected chi connectivity index (χ1v) is 7.39. The molecule has 5 nitrogen and oxygen atoms in total. The minimum Gasteiger partial charge on any atom is -0.480 e. The molecule has 0 bridgehead atoms. The molecular weight excluding hydrogens is 268 g/mol. The molecule has 2 rings (SSSR count). The van der Waals surface area contributed by atoms with Gasteiger partial charge in [-0.05, 0) is 37.8 Å². The number of carbonyl (C=O) groups is 2. The van der Waals surface area contributed by atoms with Crippen LogP contribution in [0.1, 0.15) is 38.7 Å². The molecule has 2 N–H and O–H groups in total. The number of rotatable bonds is 4. The summed E-state index contributed by atoms with van der Waals surface area (Å²) in [4.78, 5) is 25.6. The van der Waals surface area contributed by atoms with Crippen LogP contribution >= 0.6 is 0 Å². The van der Waals surface area contributed by atoms with Gasteiger partial charge >= 0.3 is 12.0 Å². The van der Waals surface area contributed by atoms with E-state index in [0.717, 1.165) is 24.1 Å². The smallest absolute Gasteiger partial charge is 0.329 e. The highest BCUT2D eigenvalue weighted by Gasteiger charge is 2.36. The number of anilines is 1. The van der Waals surface area contributed by atoms with Crippen molar-refractivity contribution in [2.45, 2.75) is 45.1 Å². The van der Waals surface area contributed by atoms with Gasteiger partial charge in [-0.15, -0.1) is 0 Å². The summed E-state index contributed by atoms with van der Waals surface area (Å²) in [5, 5.41) is 12.1. The number of hydrogen-bond acceptors (Lipinski definition) is 2. The van der Waals surface area contributed by atoms with Crippen LogP contribution in [-0.2, 0) is 11.2 Å². The third-order valence-electron chi connectivity index (χ3n) is 3.96. The van der Waals surface area contributed by atoms with Crippen LogP contribution in [0.2, 0.25) is 0 Å². The number of aliphatic carboxylic acids is 1. The Bertz CT molecular complexity index is 544. The molecule has 1 unspecified atom stereocenters. The topological polar surface area (TPSA) is 69.6 Å². The first kappa shape index (κ1) is 15.4. The van der Waals surface area contributed by atoms with Crippen LogP contribution in [-0.4, -0.2) is 29.2 Å². The van der Waals surface area contributed by atoms with E-state index in [-0.39, 0.29) is 6.03 Å². The molecule has 0 spiro atoms. The Labute approximate surface area is 125 Å². The second-order valence-electron chi connectivity index (χ2n) is 5.70. The van der Waals surface area contributed by atoms with Gasteiger partial charge in [0.15, 0.2) is 0 Å². The Balaban J connectivity index is 2.20. The number of nitrogens with zero attached hydrogens (tertiary/aromatic N) is 1. The van der Waals surface area contributed by atoms with Crippen molar-refractivity contribution < 1.29 is 14.7 Å². The van der Waals surface area contributed by atoms with Crippen LogP contribution in [0, 0.1) is 0 Å². The molecule has 5 heteroatoms. The minimum absolute atomic E-state index is 0.333. The van der Waals surface area contributed by atoms with Gasteiger partial charge in [0.2, 0.25) is 0 Å². The fraction of sp³-hybridized carbons (Fsp3) is 0.500. The summed E-state index contributed by atoms with van der Waals surface area (Å²) in [5.41, 5.74) is 0.787. The molecule has 1 atom stereocenters. The van der Waals surface area contributed by atoms with Gasteiger partial charge in [0, 0.05) is 12.2 Å². The average Bonchev–Trinajstić information content (AvgIpc) is 2.46. The van der Waals surface area contributed by atoms with Crippen molar-refractivity contribution in [2.24, 2.45) is 0 Å². The van der Waals surface area contributed by atoms with Crippen LogP contribution in [0.5, 0.6) is 0 Å². The fourth-order valence-corrected chi connectivity index (χ4v) is 2.77. The highest BCUT2D eigenvalue weighted by Crippen LogP contribution is 2.27. The molecule has 0 aromatic heterocycles. The van der Waals surface area contributed by atoms with E-state index >= 15 is 0 Å². The third-order valence-corrected chi connectivity index (χ3v) is 3.96. The Morgan fingerprint density at radius 1 is 1.38 bits per heavy atom. The van der Waals surface area contributed by atoms with Gasteiger partial charge in [0.1, 0.15) is 5.54 Å². The zero-order valence-electron chi connectivity index (χ0n) is 12.6. The number of amides is 2. The van der Waals surface area contributed by atoms with Gasteiger partial charge in [-0.25, -0.2) is 9.59 Å². The number of hydrogen-bond donors (Lipinski definition) is 2. The second kappa shape index (κ2) is 6.16. The van der Waals surface area contributed by atoms with Gasteiger partial charge in [-0.2, -0.15) is 0 Å². The van der Waals surface area contributed by atoms with Crippen molar-refractivity contribution in [3.05, 3.63) is 29.8 Å². The quantitative estimate of drug-likeness (QED) is 0.896. The van der Waals surface area contributed by atoms with Gasteiger partial charge < -0.3 is 10.4 Å². The van der Waals surface area contributed by atoms with E-state index in [2.05, 4.69) is 5.32 Å². The Kier molecular flexibility index (Phi) is 4.50. The predicted molar refractivity (Wildman–Crippen MR) is 81.6 cm³/mol. The predicted octanol–water partition coefficient (Wildman–Crippen LogP) is 2.79. The maximum Gasteiger partial charge on any atom is 0.329 e. The molecule has 1 heterocycles. The number of carbonyl (C=O) groups excluding carboxylic acids is 1. The SMILES string of the molecule is CCCC(C)(NC(=O)N1CCCc2ccccc21)C(=O)O. The van der Waals surface area contributed by atoms with Crippen molar-refractivity contribution in [1.29, 1.82) is 0 Å². The lowest BCUT2D eigenvalue weighted by Gasteiger charge is -2.33. The molecule has 0 fully saturated rings. The number of carboxylic acids is 1. The lowest BCUT2D eigenvalue weighted by molar-refractivity contribution is -0.144. The summed E-state index contributed by atoms with van der Waals surface area (Å²) >= 11 is 0. The molecule has 1 aromatic carbocycles. The number of nitrogens with one attached hydrogen (secondary N) is 1. The lowest BCUT2D eigenvalue weighted by atomic mass is 9.96. The summed E-state index contributed by atoms with van der Waals surface area (Å²) < 4.78 is 0. The van der Waals surface area contributed by atoms with E-state index in [1.165, 1.54) is 0 Å². The molecule has 0 aliphatic carbocycles. The molecule has 1 aliphatic heterocycles. The zero-order valence-corrected chi connectivity index (χ0v) is 12.6. The largest absolute Gasteiger partial charge is 0.480 e. The maximum atomic E-state index is 12.5. The molecule has 1 aromatic rings. The summed E-state index contributed by atoms with van der Waals surface area (Å²) in [6, 6.07) is 7.44. The van der Waals surface area contributed by atoms with Crippen molar-refractivity contribution in [2.75, 3.05) is 11.4 Å². The first-order chi connectivity index (χ1) is 9.98. The molecule has 0 radical (unpaired) electrons. The summed E-state index contributed by atoms with van der Waals surface area (Å²) in [6.07, 6.45) is 2.94. The number of para-hydroxylation sites is 1. The third kappa shape index (κ3) is 3.17. The van der Waals surface area contributed by atoms with Gasteiger partial charge in [-0.3, -0.25) is 4.90 Å². The van der Waals surface area contributed by atoms with Gasteiger partial charge in [0.05, 0.1) is 0 Å². The zero-order chi connectivity index (χ0) is 15.5. The average molecular weight is 290 g/mol. The van der Waals surface area contributed by atoms with E-state index in [1.807, 2.05) is 31.2 Å². The van der Waals surface area contributed by atoms with Crippen molar-refractivity contribution in [3.63, 3.8) is 0 Å². The lowest BCUT2D eigenvalue weighted by Crippen LogP contribution is -2.56. The number of fused-ring (bicyclic) bond motifs is 1. The van der Waals surface area contributed by atoms with Crippen LogP contribution < -0.4 is 10.2 Å². The molecule has 0 saturated heterocycles. The van der Waals surface area contributed by atoms with Crippen molar-refractivity contribution >= 4 is 17.7 Å². The second-order valence-corrected chi connectivity index (χ2v) is 5.70. The highest BCUT2D eigenvalue weighted by atomic mass is 16.4. The molecule has 2 amide bonds. The molecule has 114 valence electrons. The van der Waals surface area contributed by atoms with E-state index in [1.54, 1.807) is 11.8 Å². The Hall–Kier alpha value is -2.04. The number of benzene rings is 1. The first-order valence-electron chi connectivity index (χ1n) is 7.39. The van der Waals surface area contributed by atoms with Crippen molar-refractivity contribution in [1.82, 2.24) is 5.32 Å². The van der Waals surface area contributed by atoms with Crippen LogP contribution in [0.25, 0.3) is 0 Å². The van der Waals surface area contributed by atoms with Gasteiger partial charge in [0.25, 0.3) is 0 Å². The molecule has 0 saturated carbocycles. The van der Waals surface area contributed by atoms with Gasteiger partial charge in [-0.1, -0.05) is 31.5 Å². The van der Waals surface area contributed by atoms with E-state index in [9.17, 15) is 14.7 Å². The monoisotopic (exact) mass is 290 g/mol. The number of carboxylic acid groups (broad SMARTS) is 1. The highest BCUT2D eigenvalue weighted by molar-refractivity contribution is 5.96. The number of aryl methyl sites for hydroxylation is 1. The molecule has 21 heavy (non-hydrogen) atoms. The summed E-state index contributed by atoms with van der Waals surface area (Å²) in [6.45, 7) is 4.08. The normalized spacial score (nSPS) is 16.8. The standard InChI is InChI=1S/C16H22N2O3/c1-3-10-16(2,14(19)20)17-15(21)18-11-6-8-12-7-4-5-9-13(12)18/h4-5,7,9H,3,6,8,10-11H2,1-2H3,(H,17,21)(H,19,20). The number of urea groups is 1. The fourth-order valence-electron chi connectivity index (χ4n) is 2.77. The molecule has 1 aliphatic rings. The summed E-state index contributed by atoms with van der Waals surface area (Å²) in [7, 11) is 0. The van der Waals surface area contributed by atoms with Crippen LogP contribution in [0.3, 0.4) is 0 Å². The maximum absolute atomic E-state index is 12.5. The van der Waals surface area contributed by atoms with Crippen LogP contribution in [0.4, 0.5) is 10.5 Å². The van der Waals surface area contributed by atoms with E-state index in [4.69, 9.17) is 0 Å². The Morgan fingerprint density at radius 3 is 2.76 bits per heavy atom. The van der Waals surface area contributed by atoms with Crippen molar-refractivity contribution in [3.8, 4) is 0 Å². The molecular formula is C16H22N2O3. The minimum atomic E-state index is -1.22. The van der Waals surface area contributed by atoms with E-state index in [0.29, 0.717) is 19.4 Å².